The predicted octanol–water partition coefficient (Wildman–Crippen LogP) is 1.76. The second-order valence-corrected chi connectivity index (χ2v) is 6.68. The Morgan fingerprint density at radius 2 is 2.05 bits per heavy atom. The Bertz CT molecular complexity index is 795. The molecule has 1 aromatic carbocycles. The number of fused-ring (bicyclic) bond motifs is 1. The Kier molecular flexibility index (Phi) is 2.97. The van der Waals surface area contributed by atoms with Gasteiger partial charge < -0.3 is 0 Å². The SMILES string of the molecule is Cc1ccnc2c(S(=O)(=O)NC(=O)C3CC3)cccc12. The number of hydrogen-bond acceptors (Lipinski definition) is 4. The molecule has 0 unspecified atom stereocenters. The molecule has 5 nitrogen and oxygen atoms in total. The van der Waals surface area contributed by atoms with Crippen LogP contribution in [0.1, 0.15) is 18.4 Å². The first-order valence-electron chi connectivity index (χ1n) is 6.40. The van der Waals surface area contributed by atoms with Crippen molar-refractivity contribution in [1.29, 1.82) is 0 Å². The third kappa shape index (κ3) is 2.27. The van der Waals surface area contributed by atoms with Crippen molar-refractivity contribution < 1.29 is 13.2 Å². The second kappa shape index (κ2) is 4.56. The molecule has 6 heteroatoms. The van der Waals surface area contributed by atoms with E-state index in [4.69, 9.17) is 0 Å². The molecule has 3 rings (SSSR count). The topological polar surface area (TPSA) is 76.1 Å². The monoisotopic (exact) mass is 290 g/mol. The van der Waals surface area contributed by atoms with Gasteiger partial charge in [0, 0.05) is 17.5 Å². The van der Waals surface area contributed by atoms with Crippen molar-refractivity contribution in [2.45, 2.75) is 24.7 Å². The number of hydrogen-bond donors (Lipinski definition) is 1. The summed E-state index contributed by atoms with van der Waals surface area (Å²) < 4.78 is 26.8. The van der Waals surface area contributed by atoms with Gasteiger partial charge in [0.15, 0.2) is 0 Å². The summed E-state index contributed by atoms with van der Waals surface area (Å²) in [6.07, 6.45) is 3.09. The fourth-order valence-electron chi connectivity index (χ4n) is 2.12. The van der Waals surface area contributed by atoms with Crippen LogP contribution in [0.4, 0.5) is 0 Å². The number of aromatic nitrogens is 1. The number of nitrogens with one attached hydrogen (secondary N) is 1. The fourth-order valence-corrected chi connectivity index (χ4v) is 3.34. The molecule has 1 aromatic heterocycles. The Labute approximate surface area is 117 Å². The fraction of sp³-hybridized carbons (Fsp3) is 0.286. The van der Waals surface area contributed by atoms with Crippen LogP contribution in [0, 0.1) is 12.8 Å². The number of para-hydroxylation sites is 1. The van der Waals surface area contributed by atoms with Crippen LogP contribution >= 0.6 is 0 Å². The predicted molar refractivity (Wildman–Crippen MR) is 74.5 cm³/mol. The Balaban J connectivity index is 2.09. The minimum absolute atomic E-state index is 0.0488. The lowest BCUT2D eigenvalue weighted by molar-refractivity contribution is -0.120. The van der Waals surface area contributed by atoms with Crippen molar-refractivity contribution in [2.24, 2.45) is 5.92 Å². The van der Waals surface area contributed by atoms with E-state index in [1.54, 1.807) is 12.3 Å². The van der Waals surface area contributed by atoms with Crippen LogP contribution in [0.3, 0.4) is 0 Å². The molecule has 0 spiro atoms. The minimum atomic E-state index is -3.87. The van der Waals surface area contributed by atoms with E-state index in [9.17, 15) is 13.2 Å². The highest BCUT2D eigenvalue weighted by atomic mass is 32.2. The third-order valence-corrected chi connectivity index (χ3v) is 4.80. The minimum Gasteiger partial charge on any atom is -0.274 e. The Morgan fingerprint density at radius 3 is 2.75 bits per heavy atom. The van der Waals surface area contributed by atoms with Crippen molar-refractivity contribution in [2.75, 3.05) is 0 Å². The van der Waals surface area contributed by atoms with Gasteiger partial charge in [-0.25, -0.2) is 13.1 Å². The van der Waals surface area contributed by atoms with Crippen LogP contribution < -0.4 is 4.72 Å². The van der Waals surface area contributed by atoms with Crippen molar-refractivity contribution in [3.05, 3.63) is 36.0 Å². The van der Waals surface area contributed by atoms with Crippen molar-refractivity contribution in [3.63, 3.8) is 0 Å². The number of aryl methyl sites for hydroxylation is 1. The molecule has 1 aliphatic rings. The standard InChI is InChI=1S/C14H14N2O3S/c1-9-7-8-15-13-11(9)3-2-4-12(13)20(18,19)16-14(17)10-5-6-10/h2-4,7-8,10H,5-6H2,1H3,(H,16,17). The molecule has 0 bridgehead atoms. The number of amides is 1. The first kappa shape index (κ1) is 13.1. The number of benzene rings is 1. The van der Waals surface area contributed by atoms with E-state index < -0.39 is 15.9 Å². The first-order chi connectivity index (χ1) is 9.49. The Morgan fingerprint density at radius 1 is 1.30 bits per heavy atom. The maximum Gasteiger partial charge on any atom is 0.266 e. The zero-order valence-corrected chi connectivity index (χ0v) is 11.8. The maximum atomic E-state index is 12.3. The summed E-state index contributed by atoms with van der Waals surface area (Å²) in [5.41, 5.74) is 1.34. The smallest absolute Gasteiger partial charge is 0.266 e. The summed E-state index contributed by atoms with van der Waals surface area (Å²) in [6.45, 7) is 1.89. The second-order valence-electron chi connectivity index (χ2n) is 5.02. The summed E-state index contributed by atoms with van der Waals surface area (Å²) in [6, 6.07) is 6.77. The van der Waals surface area contributed by atoms with Crippen molar-refractivity contribution in [3.8, 4) is 0 Å². The van der Waals surface area contributed by atoms with Gasteiger partial charge in [0.1, 0.15) is 4.90 Å². The van der Waals surface area contributed by atoms with Crippen LogP contribution in [-0.2, 0) is 14.8 Å². The molecule has 0 saturated heterocycles. The largest absolute Gasteiger partial charge is 0.274 e. The first-order valence-corrected chi connectivity index (χ1v) is 7.88. The third-order valence-electron chi connectivity index (χ3n) is 3.42. The van der Waals surface area contributed by atoms with E-state index >= 15 is 0 Å². The quantitative estimate of drug-likeness (QED) is 0.934. The van der Waals surface area contributed by atoms with E-state index in [1.807, 2.05) is 19.1 Å². The highest BCUT2D eigenvalue weighted by molar-refractivity contribution is 7.90. The van der Waals surface area contributed by atoms with E-state index in [0.29, 0.717) is 5.52 Å². The molecule has 0 radical (unpaired) electrons. The summed E-state index contributed by atoms with van der Waals surface area (Å²) in [5.74, 6) is -0.580. The van der Waals surface area contributed by atoms with E-state index in [1.165, 1.54) is 6.07 Å². The lowest BCUT2D eigenvalue weighted by Crippen LogP contribution is -2.31. The molecule has 1 amide bonds. The van der Waals surface area contributed by atoms with Crippen LogP contribution in [0.5, 0.6) is 0 Å². The molecule has 0 aliphatic heterocycles. The molecule has 1 aliphatic carbocycles. The lowest BCUT2D eigenvalue weighted by Gasteiger charge is -2.09. The molecule has 2 aromatic rings. The maximum absolute atomic E-state index is 12.3. The normalized spacial score (nSPS) is 15.2. The molecule has 20 heavy (non-hydrogen) atoms. The summed E-state index contributed by atoms with van der Waals surface area (Å²) in [7, 11) is -3.87. The van der Waals surface area contributed by atoms with Gasteiger partial charge in [-0.1, -0.05) is 12.1 Å². The highest BCUT2D eigenvalue weighted by Gasteiger charge is 2.33. The number of pyridine rings is 1. The number of nitrogens with zero attached hydrogens (tertiary/aromatic N) is 1. The van der Waals surface area contributed by atoms with Crippen LogP contribution in [-0.4, -0.2) is 19.3 Å². The zero-order chi connectivity index (χ0) is 14.3. The average molecular weight is 290 g/mol. The molecule has 1 saturated carbocycles. The molecule has 104 valence electrons. The molecule has 1 heterocycles. The van der Waals surface area contributed by atoms with Gasteiger partial charge in [0.2, 0.25) is 5.91 Å². The van der Waals surface area contributed by atoms with Crippen molar-refractivity contribution in [1.82, 2.24) is 9.71 Å². The molecular weight excluding hydrogens is 276 g/mol. The van der Waals surface area contributed by atoms with Gasteiger partial charge in [0.25, 0.3) is 10.0 Å². The zero-order valence-electron chi connectivity index (χ0n) is 11.0. The summed E-state index contributed by atoms with van der Waals surface area (Å²) in [4.78, 5) is 15.9. The summed E-state index contributed by atoms with van der Waals surface area (Å²) in [5, 5.41) is 0.772. The van der Waals surface area contributed by atoms with E-state index in [0.717, 1.165) is 23.8 Å². The summed E-state index contributed by atoms with van der Waals surface area (Å²) >= 11 is 0. The number of sulfonamides is 1. The van der Waals surface area contributed by atoms with Gasteiger partial charge in [-0.3, -0.25) is 9.78 Å². The number of carbonyl (C=O) groups excluding carboxylic acids is 1. The molecule has 1 fully saturated rings. The highest BCUT2D eigenvalue weighted by Crippen LogP contribution is 2.30. The van der Waals surface area contributed by atoms with Gasteiger partial charge >= 0.3 is 0 Å². The molecule has 0 atom stereocenters. The lowest BCUT2D eigenvalue weighted by atomic mass is 10.1. The molecular formula is C14H14N2O3S. The number of carbonyl (C=O) groups is 1. The van der Waals surface area contributed by atoms with E-state index in [-0.39, 0.29) is 10.8 Å². The average Bonchev–Trinajstić information content (AvgIpc) is 3.22. The van der Waals surface area contributed by atoms with Gasteiger partial charge in [-0.2, -0.15) is 0 Å². The van der Waals surface area contributed by atoms with Crippen LogP contribution in [0.2, 0.25) is 0 Å². The number of rotatable bonds is 3. The van der Waals surface area contributed by atoms with E-state index in [2.05, 4.69) is 9.71 Å². The van der Waals surface area contributed by atoms with Crippen LogP contribution in [0.15, 0.2) is 35.4 Å². The molecule has 1 N–H and O–H groups in total. The van der Waals surface area contributed by atoms with Crippen molar-refractivity contribution >= 4 is 26.8 Å². The van der Waals surface area contributed by atoms with Gasteiger partial charge in [-0.05, 0) is 37.5 Å². The Hall–Kier alpha value is -1.95. The van der Waals surface area contributed by atoms with Gasteiger partial charge in [0.05, 0.1) is 5.52 Å². The van der Waals surface area contributed by atoms with Gasteiger partial charge in [-0.15, -0.1) is 0 Å². The van der Waals surface area contributed by atoms with Crippen LogP contribution in [0.25, 0.3) is 10.9 Å².